The van der Waals surface area contributed by atoms with Gasteiger partial charge in [-0.05, 0) is 26.7 Å². The van der Waals surface area contributed by atoms with E-state index >= 15 is 0 Å². The van der Waals surface area contributed by atoms with Gasteiger partial charge in [-0.3, -0.25) is 4.79 Å². The first-order valence-electron chi connectivity index (χ1n) is 6.24. The van der Waals surface area contributed by atoms with E-state index in [1.165, 1.54) is 0 Å². The van der Waals surface area contributed by atoms with Gasteiger partial charge in [-0.1, -0.05) is 0 Å². The molecule has 0 spiro atoms. The summed E-state index contributed by atoms with van der Waals surface area (Å²) < 4.78 is 10.2. The van der Waals surface area contributed by atoms with E-state index in [1.54, 1.807) is 6.92 Å². The van der Waals surface area contributed by atoms with Crippen LogP contribution in [0.5, 0.6) is 0 Å². The van der Waals surface area contributed by atoms with Gasteiger partial charge in [0, 0.05) is 24.8 Å². The average Bonchev–Trinajstić information content (AvgIpc) is 2.30. The highest BCUT2D eigenvalue weighted by Crippen LogP contribution is 2.21. The van der Waals surface area contributed by atoms with Crippen LogP contribution in [0.1, 0.15) is 33.1 Å². The summed E-state index contributed by atoms with van der Waals surface area (Å²) in [6.45, 7) is 5.51. The van der Waals surface area contributed by atoms with Crippen LogP contribution in [0.15, 0.2) is 0 Å². The van der Waals surface area contributed by atoms with Crippen LogP contribution in [-0.4, -0.2) is 49.1 Å². The van der Waals surface area contributed by atoms with Crippen LogP contribution in [0.4, 0.5) is 0 Å². The van der Waals surface area contributed by atoms with E-state index < -0.39 is 0 Å². The third-order valence-electron chi connectivity index (χ3n) is 3.08. The van der Waals surface area contributed by atoms with E-state index in [-0.39, 0.29) is 24.2 Å². The molecule has 5 heteroatoms. The Balaban J connectivity index is 2.41. The Bertz CT molecular complexity index is 239. The van der Waals surface area contributed by atoms with Gasteiger partial charge in [0.25, 0.3) is 0 Å². The molecule has 0 aromatic heterocycles. The summed E-state index contributed by atoms with van der Waals surface area (Å²) >= 11 is 0. The summed E-state index contributed by atoms with van der Waals surface area (Å²) in [6.07, 6.45) is 1.88. The highest BCUT2D eigenvalue weighted by molar-refractivity contribution is 5.70. The van der Waals surface area contributed by atoms with E-state index in [0.717, 1.165) is 12.8 Å². The van der Waals surface area contributed by atoms with Gasteiger partial charge < -0.3 is 19.9 Å². The lowest BCUT2D eigenvalue weighted by molar-refractivity contribution is -0.143. The summed E-state index contributed by atoms with van der Waals surface area (Å²) in [5.74, 6) is -0.201. The van der Waals surface area contributed by atoms with Crippen molar-refractivity contribution in [3.05, 3.63) is 0 Å². The SMILES string of the molecule is CCOC(=O)CC(C)NC1(CO)CCOCC1. The molecule has 1 rings (SSSR count). The fraction of sp³-hybridized carbons (Fsp3) is 0.917. The zero-order chi connectivity index (χ0) is 12.7. The second-order valence-electron chi connectivity index (χ2n) is 4.61. The van der Waals surface area contributed by atoms with E-state index in [9.17, 15) is 9.90 Å². The number of nitrogens with one attached hydrogen (secondary N) is 1. The van der Waals surface area contributed by atoms with Gasteiger partial charge in [-0.2, -0.15) is 0 Å². The van der Waals surface area contributed by atoms with Crippen molar-refractivity contribution in [2.75, 3.05) is 26.4 Å². The van der Waals surface area contributed by atoms with Gasteiger partial charge >= 0.3 is 5.97 Å². The average molecular weight is 245 g/mol. The number of carbonyl (C=O) groups is 1. The molecular weight excluding hydrogens is 222 g/mol. The molecule has 2 N–H and O–H groups in total. The van der Waals surface area contributed by atoms with Gasteiger partial charge in [-0.25, -0.2) is 0 Å². The zero-order valence-corrected chi connectivity index (χ0v) is 10.7. The number of aliphatic hydroxyl groups excluding tert-OH is 1. The van der Waals surface area contributed by atoms with Crippen LogP contribution in [0.3, 0.4) is 0 Å². The van der Waals surface area contributed by atoms with Crippen molar-refractivity contribution >= 4 is 5.97 Å². The molecule has 0 bridgehead atoms. The van der Waals surface area contributed by atoms with Crippen LogP contribution in [0, 0.1) is 0 Å². The van der Waals surface area contributed by atoms with Crippen molar-refractivity contribution in [1.82, 2.24) is 5.32 Å². The standard InChI is InChI=1S/C12H23NO4/c1-3-17-11(15)8-10(2)13-12(9-14)4-6-16-7-5-12/h10,13-14H,3-9H2,1-2H3. The summed E-state index contributed by atoms with van der Waals surface area (Å²) in [5, 5.41) is 12.8. The largest absolute Gasteiger partial charge is 0.466 e. The summed E-state index contributed by atoms with van der Waals surface area (Å²) in [7, 11) is 0. The minimum atomic E-state index is -0.301. The Kier molecular flexibility index (Phi) is 5.88. The predicted octanol–water partition coefficient (Wildman–Crippen LogP) is 0.459. The molecule has 0 saturated carbocycles. The Morgan fingerprint density at radius 1 is 1.53 bits per heavy atom. The molecule has 1 unspecified atom stereocenters. The van der Waals surface area contributed by atoms with Crippen LogP contribution >= 0.6 is 0 Å². The second-order valence-corrected chi connectivity index (χ2v) is 4.61. The van der Waals surface area contributed by atoms with Crippen LogP contribution in [-0.2, 0) is 14.3 Å². The molecule has 0 aromatic rings. The van der Waals surface area contributed by atoms with E-state index in [0.29, 0.717) is 26.2 Å². The van der Waals surface area contributed by atoms with Crippen molar-refractivity contribution in [3.8, 4) is 0 Å². The minimum Gasteiger partial charge on any atom is -0.466 e. The number of aliphatic hydroxyl groups is 1. The Morgan fingerprint density at radius 2 is 2.18 bits per heavy atom. The predicted molar refractivity (Wildman–Crippen MR) is 63.7 cm³/mol. The van der Waals surface area contributed by atoms with Crippen LogP contribution < -0.4 is 5.32 Å². The van der Waals surface area contributed by atoms with Gasteiger partial charge in [0.05, 0.1) is 19.6 Å². The topological polar surface area (TPSA) is 67.8 Å². The van der Waals surface area contributed by atoms with E-state index in [2.05, 4.69) is 5.32 Å². The molecular formula is C12H23NO4. The molecule has 0 aliphatic carbocycles. The van der Waals surface area contributed by atoms with Crippen LogP contribution in [0.25, 0.3) is 0 Å². The number of carbonyl (C=O) groups excluding carboxylic acids is 1. The number of ether oxygens (including phenoxy) is 2. The lowest BCUT2D eigenvalue weighted by Crippen LogP contribution is -2.55. The van der Waals surface area contributed by atoms with Gasteiger partial charge in [0.1, 0.15) is 0 Å². The normalized spacial score (nSPS) is 20.9. The van der Waals surface area contributed by atoms with Crippen molar-refractivity contribution < 1.29 is 19.4 Å². The van der Waals surface area contributed by atoms with Gasteiger partial charge in [0.2, 0.25) is 0 Å². The molecule has 17 heavy (non-hydrogen) atoms. The van der Waals surface area contributed by atoms with Crippen molar-refractivity contribution in [2.45, 2.75) is 44.7 Å². The highest BCUT2D eigenvalue weighted by atomic mass is 16.5. The smallest absolute Gasteiger partial charge is 0.307 e. The third-order valence-corrected chi connectivity index (χ3v) is 3.08. The maximum Gasteiger partial charge on any atom is 0.307 e. The first-order chi connectivity index (χ1) is 8.12. The molecule has 0 aromatic carbocycles. The van der Waals surface area contributed by atoms with Gasteiger partial charge in [0.15, 0.2) is 0 Å². The summed E-state index contributed by atoms with van der Waals surface area (Å²) in [6, 6.07) is -0.000648. The molecule has 1 atom stereocenters. The Hall–Kier alpha value is -0.650. The minimum absolute atomic E-state index is 0.000648. The molecule has 5 nitrogen and oxygen atoms in total. The number of hydrogen-bond donors (Lipinski definition) is 2. The molecule has 1 saturated heterocycles. The first-order valence-corrected chi connectivity index (χ1v) is 6.24. The molecule has 1 aliphatic rings. The van der Waals surface area contributed by atoms with E-state index in [4.69, 9.17) is 9.47 Å². The maximum absolute atomic E-state index is 11.3. The Morgan fingerprint density at radius 3 is 2.71 bits per heavy atom. The molecule has 1 heterocycles. The fourth-order valence-corrected chi connectivity index (χ4v) is 2.15. The van der Waals surface area contributed by atoms with Crippen molar-refractivity contribution in [1.29, 1.82) is 0 Å². The zero-order valence-electron chi connectivity index (χ0n) is 10.7. The first kappa shape index (κ1) is 14.4. The fourth-order valence-electron chi connectivity index (χ4n) is 2.15. The third kappa shape index (κ3) is 4.61. The monoisotopic (exact) mass is 245 g/mol. The lowest BCUT2D eigenvalue weighted by atomic mass is 9.90. The maximum atomic E-state index is 11.3. The van der Waals surface area contributed by atoms with Crippen molar-refractivity contribution in [2.24, 2.45) is 0 Å². The molecule has 0 radical (unpaired) electrons. The summed E-state index contributed by atoms with van der Waals surface area (Å²) in [5.41, 5.74) is -0.301. The molecule has 1 fully saturated rings. The lowest BCUT2D eigenvalue weighted by Gasteiger charge is -2.38. The number of rotatable bonds is 6. The van der Waals surface area contributed by atoms with E-state index in [1.807, 2.05) is 6.92 Å². The number of hydrogen-bond acceptors (Lipinski definition) is 5. The Labute approximate surface area is 102 Å². The van der Waals surface area contributed by atoms with Crippen LogP contribution in [0.2, 0.25) is 0 Å². The van der Waals surface area contributed by atoms with Gasteiger partial charge in [-0.15, -0.1) is 0 Å². The molecule has 1 aliphatic heterocycles. The highest BCUT2D eigenvalue weighted by Gasteiger charge is 2.33. The quantitative estimate of drug-likeness (QED) is 0.665. The summed E-state index contributed by atoms with van der Waals surface area (Å²) in [4.78, 5) is 11.3. The molecule has 0 amide bonds. The van der Waals surface area contributed by atoms with Crippen molar-refractivity contribution in [3.63, 3.8) is 0 Å². The number of esters is 1. The molecule has 100 valence electrons. The second kappa shape index (κ2) is 6.93.